The van der Waals surface area contributed by atoms with E-state index in [2.05, 4.69) is 20.9 Å². The molecule has 0 unspecified atom stereocenters. The molecule has 12 heavy (non-hydrogen) atoms. The van der Waals surface area contributed by atoms with Crippen LogP contribution in [0.4, 0.5) is 5.82 Å². The maximum absolute atomic E-state index is 8.69. The molecule has 66 valence electrons. The number of likely N-dealkylation sites (N-methyl/N-ethyl adjacent to an activating group) is 1. The Morgan fingerprint density at radius 2 is 2.42 bits per heavy atom. The highest BCUT2D eigenvalue weighted by molar-refractivity contribution is 9.10. The summed E-state index contributed by atoms with van der Waals surface area (Å²) in [6.07, 6.45) is 1.73. The lowest BCUT2D eigenvalue weighted by Gasteiger charge is -2.16. The number of hydrogen-bond acceptors (Lipinski definition) is 3. The number of aromatic nitrogens is 1. The topological polar surface area (TPSA) is 36.4 Å². The normalized spacial score (nSPS) is 9.92. The lowest BCUT2D eigenvalue weighted by atomic mass is 10.4. The summed E-state index contributed by atoms with van der Waals surface area (Å²) in [7, 11) is 1.89. The number of aliphatic hydroxyl groups excluding tert-OH is 1. The van der Waals surface area contributed by atoms with Gasteiger partial charge in [-0.05, 0) is 12.1 Å². The van der Waals surface area contributed by atoms with E-state index in [4.69, 9.17) is 5.11 Å². The summed E-state index contributed by atoms with van der Waals surface area (Å²) in [5.74, 6) is 0.860. The molecule has 0 saturated carbocycles. The van der Waals surface area contributed by atoms with Gasteiger partial charge in [-0.2, -0.15) is 0 Å². The first-order valence-electron chi connectivity index (χ1n) is 3.67. The van der Waals surface area contributed by atoms with Gasteiger partial charge in [0, 0.05) is 24.3 Å². The molecule has 0 aliphatic carbocycles. The highest BCUT2D eigenvalue weighted by atomic mass is 79.9. The number of pyridine rings is 1. The molecule has 0 fully saturated rings. The van der Waals surface area contributed by atoms with Gasteiger partial charge < -0.3 is 10.0 Å². The molecule has 0 saturated heterocycles. The SMILES string of the molecule is CN(CCO)c1cc(Br)ccn1. The van der Waals surface area contributed by atoms with E-state index in [1.54, 1.807) is 6.20 Å². The van der Waals surface area contributed by atoms with Gasteiger partial charge in [0.2, 0.25) is 0 Å². The predicted octanol–water partition coefficient (Wildman–Crippen LogP) is 1.27. The summed E-state index contributed by atoms with van der Waals surface area (Å²) in [4.78, 5) is 6.04. The van der Waals surface area contributed by atoms with Crippen LogP contribution in [0.5, 0.6) is 0 Å². The van der Waals surface area contributed by atoms with Gasteiger partial charge in [-0.3, -0.25) is 0 Å². The van der Waals surface area contributed by atoms with E-state index < -0.39 is 0 Å². The highest BCUT2D eigenvalue weighted by Crippen LogP contribution is 2.14. The summed E-state index contributed by atoms with van der Waals surface area (Å²) >= 11 is 3.35. The second-order valence-electron chi connectivity index (χ2n) is 2.48. The quantitative estimate of drug-likeness (QED) is 0.851. The maximum Gasteiger partial charge on any atom is 0.129 e. The lowest BCUT2D eigenvalue weighted by Crippen LogP contribution is -2.21. The van der Waals surface area contributed by atoms with Crippen LogP contribution in [-0.2, 0) is 0 Å². The van der Waals surface area contributed by atoms with Crippen LogP contribution in [0.1, 0.15) is 0 Å². The van der Waals surface area contributed by atoms with Crippen molar-refractivity contribution in [1.29, 1.82) is 0 Å². The van der Waals surface area contributed by atoms with E-state index >= 15 is 0 Å². The van der Waals surface area contributed by atoms with E-state index in [1.165, 1.54) is 0 Å². The summed E-state index contributed by atoms with van der Waals surface area (Å²) < 4.78 is 0.997. The van der Waals surface area contributed by atoms with Gasteiger partial charge in [-0.1, -0.05) is 15.9 Å². The van der Waals surface area contributed by atoms with Gasteiger partial charge in [0.1, 0.15) is 5.82 Å². The first-order chi connectivity index (χ1) is 5.74. The van der Waals surface area contributed by atoms with Gasteiger partial charge in [0.25, 0.3) is 0 Å². The average molecular weight is 231 g/mol. The number of hydrogen-bond donors (Lipinski definition) is 1. The van der Waals surface area contributed by atoms with Crippen molar-refractivity contribution in [1.82, 2.24) is 4.98 Å². The van der Waals surface area contributed by atoms with Crippen LogP contribution in [0.2, 0.25) is 0 Å². The molecule has 0 aromatic carbocycles. The fourth-order valence-electron chi connectivity index (χ4n) is 0.867. The molecule has 3 nitrogen and oxygen atoms in total. The molecule has 0 atom stereocenters. The summed E-state index contributed by atoms with van der Waals surface area (Å²) in [6.45, 7) is 0.744. The standard InChI is InChI=1S/C8H11BrN2O/c1-11(4-5-12)8-6-7(9)2-3-10-8/h2-3,6,12H,4-5H2,1H3. The van der Waals surface area contributed by atoms with Crippen molar-refractivity contribution < 1.29 is 5.11 Å². The monoisotopic (exact) mass is 230 g/mol. The second-order valence-corrected chi connectivity index (χ2v) is 3.39. The number of rotatable bonds is 3. The van der Waals surface area contributed by atoms with Crippen molar-refractivity contribution in [2.45, 2.75) is 0 Å². The third kappa shape index (κ3) is 2.46. The summed E-state index contributed by atoms with van der Waals surface area (Å²) in [5, 5.41) is 8.69. The van der Waals surface area contributed by atoms with Crippen molar-refractivity contribution in [3.8, 4) is 0 Å². The molecule has 0 radical (unpaired) electrons. The Labute approximate surface area is 80.2 Å². The molecular formula is C8H11BrN2O. The largest absolute Gasteiger partial charge is 0.395 e. The summed E-state index contributed by atoms with van der Waals surface area (Å²) in [5.41, 5.74) is 0. The fourth-order valence-corrected chi connectivity index (χ4v) is 1.19. The zero-order valence-electron chi connectivity index (χ0n) is 6.87. The van der Waals surface area contributed by atoms with Crippen LogP contribution in [0, 0.1) is 0 Å². The van der Waals surface area contributed by atoms with E-state index in [9.17, 15) is 0 Å². The van der Waals surface area contributed by atoms with Crippen molar-refractivity contribution in [3.63, 3.8) is 0 Å². The Bertz CT molecular complexity index is 255. The fraction of sp³-hybridized carbons (Fsp3) is 0.375. The minimum atomic E-state index is 0.144. The zero-order chi connectivity index (χ0) is 8.97. The van der Waals surface area contributed by atoms with Crippen LogP contribution >= 0.6 is 15.9 Å². The third-order valence-electron chi connectivity index (χ3n) is 1.53. The minimum absolute atomic E-state index is 0.144. The van der Waals surface area contributed by atoms with Crippen LogP contribution in [0.3, 0.4) is 0 Å². The van der Waals surface area contributed by atoms with Crippen molar-refractivity contribution in [3.05, 3.63) is 22.8 Å². The van der Waals surface area contributed by atoms with Gasteiger partial charge in [-0.25, -0.2) is 4.98 Å². The molecule has 1 aromatic rings. The molecule has 0 aliphatic heterocycles. The number of anilines is 1. The molecule has 1 aromatic heterocycles. The van der Waals surface area contributed by atoms with E-state index in [-0.39, 0.29) is 6.61 Å². The molecular weight excluding hydrogens is 220 g/mol. The molecule has 4 heteroatoms. The first kappa shape index (κ1) is 9.48. The number of nitrogens with zero attached hydrogens (tertiary/aromatic N) is 2. The van der Waals surface area contributed by atoms with Gasteiger partial charge in [-0.15, -0.1) is 0 Å². The Morgan fingerprint density at radius 3 is 3.00 bits per heavy atom. The van der Waals surface area contributed by atoms with E-state index in [0.717, 1.165) is 10.3 Å². The smallest absolute Gasteiger partial charge is 0.129 e. The Kier molecular flexibility index (Phi) is 3.49. The van der Waals surface area contributed by atoms with Crippen molar-refractivity contribution >= 4 is 21.7 Å². The van der Waals surface area contributed by atoms with E-state index in [1.807, 2.05) is 24.1 Å². The Morgan fingerprint density at radius 1 is 1.67 bits per heavy atom. The average Bonchev–Trinajstić information content (AvgIpc) is 2.05. The van der Waals surface area contributed by atoms with Gasteiger partial charge in [0.15, 0.2) is 0 Å². The molecule has 1 N–H and O–H groups in total. The maximum atomic E-state index is 8.69. The molecule has 1 heterocycles. The summed E-state index contributed by atoms with van der Waals surface area (Å²) in [6, 6.07) is 3.78. The van der Waals surface area contributed by atoms with Crippen LogP contribution in [0.15, 0.2) is 22.8 Å². The van der Waals surface area contributed by atoms with Gasteiger partial charge in [0.05, 0.1) is 6.61 Å². The highest BCUT2D eigenvalue weighted by Gasteiger charge is 2.00. The lowest BCUT2D eigenvalue weighted by molar-refractivity contribution is 0.304. The molecule has 1 rings (SSSR count). The second kappa shape index (κ2) is 4.42. The van der Waals surface area contributed by atoms with Crippen LogP contribution in [0.25, 0.3) is 0 Å². The van der Waals surface area contributed by atoms with E-state index in [0.29, 0.717) is 6.54 Å². The molecule has 0 spiro atoms. The number of halogens is 1. The molecule has 0 amide bonds. The third-order valence-corrected chi connectivity index (χ3v) is 2.03. The molecule has 0 bridgehead atoms. The van der Waals surface area contributed by atoms with Crippen molar-refractivity contribution in [2.75, 3.05) is 25.1 Å². The zero-order valence-corrected chi connectivity index (χ0v) is 8.45. The number of aliphatic hydroxyl groups is 1. The Hall–Kier alpha value is -0.610. The molecule has 0 aliphatic rings. The van der Waals surface area contributed by atoms with Crippen LogP contribution in [-0.4, -0.2) is 30.3 Å². The van der Waals surface area contributed by atoms with Crippen molar-refractivity contribution in [2.24, 2.45) is 0 Å². The first-order valence-corrected chi connectivity index (χ1v) is 4.47. The van der Waals surface area contributed by atoms with Crippen LogP contribution < -0.4 is 4.90 Å². The Balaban J connectivity index is 2.73. The minimum Gasteiger partial charge on any atom is -0.395 e. The predicted molar refractivity (Wildman–Crippen MR) is 52.3 cm³/mol. The van der Waals surface area contributed by atoms with Gasteiger partial charge >= 0.3 is 0 Å².